The SMILES string of the molecule is COC(=O)c1ccccc1N1CCN(C(=O)c2ccc(C)c(C)c2)CC1. The molecule has 0 N–H and O–H groups in total. The molecular formula is C21H24N2O3. The van der Waals surface area contributed by atoms with Crippen LogP contribution in [-0.2, 0) is 4.74 Å². The van der Waals surface area contributed by atoms with Gasteiger partial charge < -0.3 is 14.5 Å². The van der Waals surface area contributed by atoms with Gasteiger partial charge in [-0.15, -0.1) is 0 Å². The van der Waals surface area contributed by atoms with Gasteiger partial charge in [-0.25, -0.2) is 4.79 Å². The molecule has 0 saturated carbocycles. The molecule has 0 spiro atoms. The summed E-state index contributed by atoms with van der Waals surface area (Å²) in [5.41, 5.74) is 4.46. The third-order valence-corrected chi connectivity index (χ3v) is 4.97. The zero-order valence-electron chi connectivity index (χ0n) is 15.5. The Morgan fingerprint density at radius 3 is 2.27 bits per heavy atom. The van der Waals surface area contributed by atoms with Gasteiger partial charge in [-0.2, -0.15) is 0 Å². The number of esters is 1. The van der Waals surface area contributed by atoms with E-state index in [-0.39, 0.29) is 11.9 Å². The van der Waals surface area contributed by atoms with E-state index in [9.17, 15) is 9.59 Å². The predicted octanol–water partition coefficient (Wildman–Crippen LogP) is 3.05. The number of benzene rings is 2. The Bertz CT molecular complexity index is 824. The van der Waals surface area contributed by atoms with Crippen LogP contribution in [0.4, 0.5) is 5.69 Å². The highest BCUT2D eigenvalue weighted by atomic mass is 16.5. The molecule has 0 radical (unpaired) electrons. The van der Waals surface area contributed by atoms with Gasteiger partial charge in [-0.3, -0.25) is 4.79 Å². The van der Waals surface area contributed by atoms with E-state index in [1.54, 1.807) is 6.07 Å². The van der Waals surface area contributed by atoms with E-state index in [1.807, 2.05) is 55.1 Å². The van der Waals surface area contributed by atoms with Crippen molar-refractivity contribution in [3.8, 4) is 0 Å². The van der Waals surface area contributed by atoms with Gasteiger partial charge in [0.15, 0.2) is 0 Å². The van der Waals surface area contributed by atoms with E-state index in [0.717, 1.165) is 16.8 Å². The summed E-state index contributed by atoms with van der Waals surface area (Å²) in [6.07, 6.45) is 0. The Morgan fingerprint density at radius 1 is 0.923 bits per heavy atom. The number of carbonyl (C=O) groups is 2. The molecule has 1 fully saturated rings. The summed E-state index contributed by atoms with van der Waals surface area (Å²) in [6, 6.07) is 13.3. The molecule has 1 heterocycles. The van der Waals surface area contributed by atoms with Crippen molar-refractivity contribution in [1.82, 2.24) is 4.90 Å². The lowest BCUT2D eigenvalue weighted by molar-refractivity contribution is 0.0600. The molecule has 0 atom stereocenters. The van der Waals surface area contributed by atoms with E-state index >= 15 is 0 Å². The highest BCUT2D eigenvalue weighted by Gasteiger charge is 2.25. The minimum absolute atomic E-state index is 0.0639. The number of rotatable bonds is 3. The van der Waals surface area contributed by atoms with Gasteiger partial charge in [0.2, 0.25) is 0 Å². The van der Waals surface area contributed by atoms with E-state index < -0.39 is 0 Å². The highest BCUT2D eigenvalue weighted by molar-refractivity contribution is 5.96. The summed E-state index contributed by atoms with van der Waals surface area (Å²) in [4.78, 5) is 28.8. The second-order valence-corrected chi connectivity index (χ2v) is 6.59. The summed E-state index contributed by atoms with van der Waals surface area (Å²) >= 11 is 0. The summed E-state index contributed by atoms with van der Waals surface area (Å²) in [5, 5.41) is 0. The number of nitrogens with zero attached hydrogens (tertiary/aromatic N) is 2. The second kappa shape index (κ2) is 7.60. The van der Waals surface area contributed by atoms with Crippen molar-refractivity contribution in [3.05, 3.63) is 64.7 Å². The van der Waals surface area contributed by atoms with Crippen molar-refractivity contribution in [2.45, 2.75) is 13.8 Å². The van der Waals surface area contributed by atoms with Crippen LogP contribution in [0.3, 0.4) is 0 Å². The van der Waals surface area contributed by atoms with Gasteiger partial charge in [-0.05, 0) is 49.2 Å². The maximum atomic E-state index is 12.8. The molecule has 26 heavy (non-hydrogen) atoms. The molecule has 2 aromatic rings. The van der Waals surface area contributed by atoms with E-state index in [0.29, 0.717) is 31.7 Å². The van der Waals surface area contributed by atoms with Crippen LogP contribution in [0.5, 0.6) is 0 Å². The molecule has 5 heteroatoms. The Labute approximate surface area is 154 Å². The van der Waals surface area contributed by atoms with Gasteiger partial charge in [0, 0.05) is 31.7 Å². The van der Waals surface area contributed by atoms with E-state index in [1.165, 1.54) is 12.7 Å². The monoisotopic (exact) mass is 352 g/mol. The summed E-state index contributed by atoms with van der Waals surface area (Å²) in [7, 11) is 1.39. The zero-order chi connectivity index (χ0) is 18.7. The molecule has 1 aliphatic rings. The lowest BCUT2D eigenvalue weighted by atomic mass is 10.1. The molecule has 0 unspecified atom stereocenters. The number of anilines is 1. The second-order valence-electron chi connectivity index (χ2n) is 6.59. The standard InChI is InChI=1S/C21H24N2O3/c1-15-8-9-17(14-16(15)2)20(24)23-12-10-22(11-13-23)19-7-5-4-6-18(19)21(25)26-3/h4-9,14H,10-13H2,1-3H3. The molecule has 0 aliphatic carbocycles. The van der Waals surface area contributed by atoms with Gasteiger partial charge >= 0.3 is 5.97 Å². The molecule has 0 aromatic heterocycles. The third kappa shape index (κ3) is 3.57. The van der Waals surface area contributed by atoms with Crippen LogP contribution in [0.1, 0.15) is 31.8 Å². The molecule has 5 nitrogen and oxygen atoms in total. The molecule has 136 valence electrons. The van der Waals surface area contributed by atoms with E-state index in [4.69, 9.17) is 4.74 Å². The van der Waals surface area contributed by atoms with Crippen molar-refractivity contribution >= 4 is 17.6 Å². The van der Waals surface area contributed by atoms with Crippen LogP contribution >= 0.6 is 0 Å². The Hall–Kier alpha value is -2.82. The number of para-hydroxylation sites is 1. The van der Waals surface area contributed by atoms with Crippen molar-refractivity contribution < 1.29 is 14.3 Å². The molecule has 0 bridgehead atoms. The summed E-state index contributed by atoms with van der Waals surface area (Å²) in [6.45, 7) is 6.69. The molecular weight excluding hydrogens is 328 g/mol. The third-order valence-electron chi connectivity index (χ3n) is 4.97. The van der Waals surface area contributed by atoms with Crippen LogP contribution in [0.15, 0.2) is 42.5 Å². The van der Waals surface area contributed by atoms with Crippen LogP contribution in [0, 0.1) is 13.8 Å². The molecule has 1 aliphatic heterocycles. The number of hydrogen-bond acceptors (Lipinski definition) is 4. The van der Waals surface area contributed by atoms with Crippen molar-refractivity contribution in [3.63, 3.8) is 0 Å². The van der Waals surface area contributed by atoms with Gasteiger partial charge in [0.25, 0.3) is 5.91 Å². The number of piperazine rings is 1. The van der Waals surface area contributed by atoms with Gasteiger partial charge in [-0.1, -0.05) is 18.2 Å². The number of amides is 1. The maximum absolute atomic E-state index is 12.8. The van der Waals surface area contributed by atoms with E-state index in [2.05, 4.69) is 4.90 Å². The smallest absolute Gasteiger partial charge is 0.339 e. The normalized spacial score (nSPS) is 14.3. The first-order valence-corrected chi connectivity index (χ1v) is 8.80. The maximum Gasteiger partial charge on any atom is 0.339 e. The Balaban J connectivity index is 1.71. The highest BCUT2D eigenvalue weighted by Crippen LogP contribution is 2.23. The first-order chi connectivity index (χ1) is 12.5. The average Bonchev–Trinajstić information content (AvgIpc) is 2.69. The van der Waals surface area contributed by atoms with Crippen molar-refractivity contribution in [2.75, 3.05) is 38.2 Å². The molecule has 1 amide bonds. The average molecular weight is 352 g/mol. The predicted molar refractivity (Wildman–Crippen MR) is 102 cm³/mol. The van der Waals surface area contributed by atoms with Crippen LogP contribution < -0.4 is 4.90 Å². The first-order valence-electron chi connectivity index (χ1n) is 8.80. The minimum atomic E-state index is -0.339. The molecule has 3 rings (SSSR count). The first kappa shape index (κ1) is 18.0. The quantitative estimate of drug-likeness (QED) is 0.797. The summed E-state index contributed by atoms with van der Waals surface area (Å²) in [5.74, 6) is -0.275. The number of ether oxygens (including phenoxy) is 1. The van der Waals surface area contributed by atoms with Crippen LogP contribution in [-0.4, -0.2) is 50.1 Å². The lowest BCUT2D eigenvalue weighted by Gasteiger charge is -2.36. The minimum Gasteiger partial charge on any atom is -0.465 e. The number of aryl methyl sites for hydroxylation is 2. The topological polar surface area (TPSA) is 49.9 Å². The number of methoxy groups -OCH3 is 1. The lowest BCUT2D eigenvalue weighted by Crippen LogP contribution is -2.49. The number of carbonyl (C=O) groups excluding carboxylic acids is 2. The Kier molecular flexibility index (Phi) is 5.26. The van der Waals surface area contributed by atoms with Crippen LogP contribution in [0.2, 0.25) is 0 Å². The van der Waals surface area contributed by atoms with Crippen molar-refractivity contribution in [2.24, 2.45) is 0 Å². The fourth-order valence-electron chi connectivity index (χ4n) is 3.24. The molecule has 2 aromatic carbocycles. The zero-order valence-corrected chi connectivity index (χ0v) is 15.5. The largest absolute Gasteiger partial charge is 0.465 e. The Morgan fingerprint density at radius 2 is 1.62 bits per heavy atom. The fraction of sp³-hybridized carbons (Fsp3) is 0.333. The van der Waals surface area contributed by atoms with Gasteiger partial charge in [0.05, 0.1) is 18.4 Å². The molecule has 1 saturated heterocycles. The van der Waals surface area contributed by atoms with Crippen molar-refractivity contribution in [1.29, 1.82) is 0 Å². The fourth-order valence-corrected chi connectivity index (χ4v) is 3.24. The van der Waals surface area contributed by atoms with Crippen LogP contribution in [0.25, 0.3) is 0 Å². The summed E-state index contributed by atoms with van der Waals surface area (Å²) < 4.78 is 4.88. The number of hydrogen-bond donors (Lipinski definition) is 0. The van der Waals surface area contributed by atoms with Gasteiger partial charge in [0.1, 0.15) is 0 Å².